The zero-order valence-electron chi connectivity index (χ0n) is 16.2. The second-order valence-corrected chi connectivity index (χ2v) is 9.38. The van der Waals surface area contributed by atoms with Crippen LogP contribution in [0, 0.1) is 0 Å². The third kappa shape index (κ3) is 4.12. The lowest BCUT2D eigenvalue weighted by atomic mass is 10.1. The van der Waals surface area contributed by atoms with Crippen molar-refractivity contribution in [2.45, 2.75) is 24.3 Å². The van der Waals surface area contributed by atoms with Crippen LogP contribution in [0.25, 0.3) is 5.69 Å². The summed E-state index contributed by atoms with van der Waals surface area (Å²) in [6.45, 7) is 1.25. The van der Waals surface area contributed by atoms with Crippen LogP contribution in [0.1, 0.15) is 28.8 Å². The van der Waals surface area contributed by atoms with Gasteiger partial charge in [-0.2, -0.15) is 4.31 Å². The van der Waals surface area contributed by atoms with E-state index in [1.807, 2.05) is 35.0 Å². The molecule has 1 aliphatic rings. The van der Waals surface area contributed by atoms with E-state index in [9.17, 15) is 13.2 Å². The van der Waals surface area contributed by atoms with Crippen LogP contribution in [0.3, 0.4) is 0 Å². The summed E-state index contributed by atoms with van der Waals surface area (Å²) >= 11 is 6.21. The maximum Gasteiger partial charge on any atom is 0.253 e. The molecule has 1 aromatic heterocycles. The van der Waals surface area contributed by atoms with E-state index in [1.165, 1.54) is 22.5 Å². The van der Waals surface area contributed by atoms with Crippen LogP contribution < -0.4 is 5.32 Å². The Bertz CT molecular complexity index is 1160. The molecule has 0 bridgehead atoms. The number of hydrogen-bond donors (Lipinski definition) is 1. The van der Waals surface area contributed by atoms with Crippen molar-refractivity contribution in [2.75, 3.05) is 13.1 Å². The van der Waals surface area contributed by atoms with Gasteiger partial charge in [0.1, 0.15) is 0 Å². The van der Waals surface area contributed by atoms with Crippen LogP contribution in [0.5, 0.6) is 0 Å². The normalized spacial score (nSPS) is 14.7. The fourth-order valence-electron chi connectivity index (χ4n) is 3.50. The highest BCUT2D eigenvalue weighted by atomic mass is 35.5. The number of carbonyl (C=O) groups is 1. The molecule has 3 aromatic rings. The molecular weight excluding hydrogens is 424 g/mol. The summed E-state index contributed by atoms with van der Waals surface area (Å²) < 4.78 is 28.9. The molecule has 0 saturated carbocycles. The molecule has 1 fully saturated rings. The molecule has 156 valence electrons. The van der Waals surface area contributed by atoms with E-state index in [1.54, 1.807) is 12.5 Å². The minimum atomic E-state index is -3.63. The molecule has 2 heterocycles. The van der Waals surface area contributed by atoms with Crippen LogP contribution in [0.2, 0.25) is 5.02 Å². The second kappa shape index (κ2) is 8.59. The van der Waals surface area contributed by atoms with Crippen LogP contribution in [0.4, 0.5) is 0 Å². The summed E-state index contributed by atoms with van der Waals surface area (Å²) in [5.74, 6) is -0.432. The summed E-state index contributed by atoms with van der Waals surface area (Å²) in [6.07, 6.45) is 6.88. The molecule has 1 aliphatic heterocycles. The first-order chi connectivity index (χ1) is 14.5. The quantitative estimate of drug-likeness (QED) is 0.632. The van der Waals surface area contributed by atoms with Crippen LogP contribution in [-0.2, 0) is 16.6 Å². The molecule has 0 radical (unpaired) electrons. The summed E-state index contributed by atoms with van der Waals surface area (Å²) in [4.78, 5) is 17.0. The molecule has 0 aliphatic carbocycles. The molecule has 30 heavy (non-hydrogen) atoms. The first kappa shape index (κ1) is 20.6. The highest BCUT2D eigenvalue weighted by Crippen LogP contribution is 2.25. The van der Waals surface area contributed by atoms with Gasteiger partial charge in [0.2, 0.25) is 10.0 Å². The van der Waals surface area contributed by atoms with Crippen molar-refractivity contribution in [2.24, 2.45) is 0 Å². The predicted molar refractivity (Wildman–Crippen MR) is 114 cm³/mol. The van der Waals surface area contributed by atoms with Crippen molar-refractivity contribution in [3.63, 3.8) is 0 Å². The minimum absolute atomic E-state index is 0.0813. The largest absolute Gasteiger partial charge is 0.348 e. The van der Waals surface area contributed by atoms with Gasteiger partial charge in [0, 0.05) is 32.0 Å². The van der Waals surface area contributed by atoms with E-state index >= 15 is 0 Å². The molecule has 0 spiro atoms. The lowest BCUT2D eigenvalue weighted by Gasteiger charge is -2.16. The van der Waals surface area contributed by atoms with Crippen LogP contribution in [-0.4, -0.2) is 41.3 Å². The summed E-state index contributed by atoms with van der Waals surface area (Å²) in [7, 11) is -3.63. The van der Waals surface area contributed by atoms with E-state index in [4.69, 9.17) is 11.6 Å². The predicted octanol–water partition coefficient (Wildman–Crippen LogP) is 3.24. The Balaban J connectivity index is 1.55. The number of halogens is 1. The molecule has 0 atom stereocenters. The highest BCUT2D eigenvalue weighted by molar-refractivity contribution is 7.89. The van der Waals surface area contributed by atoms with Crippen LogP contribution >= 0.6 is 11.6 Å². The van der Waals surface area contributed by atoms with Gasteiger partial charge in [-0.3, -0.25) is 4.79 Å². The lowest BCUT2D eigenvalue weighted by Crippen LogP contribution is -2.28. The van der Waals surface area contributed by atoms with E-state index in [0.29, 0.717) is 13.1 Å². The zero-order chi connectivity index (χ0) is 21.1. The van der Waals surface area contributed by atoms with Gasteiger partial charge in [0.15, 0.2) is 0 Å². The average Bonchev–Trinajstić information content (AvgIpc) is 3.47. The number of nitrogens with one attached hydrogen (secondary N) is 1. The molecule has 9 heteroatoms. The van der Waals surface area contributed by atoms with Gasteiger partial charge in [-0.1, -0.05) is 29.8 Å². The molecule has 1 amide bonds. The fourth-order valence-corrected chi connectivity index (χ4v) is 5.25. The van der Waals surface area contributed by atoms with Gasteiger partial charge < -0.3 is 9.88 Å². The van der Waals surface area contributed by atoms with Crippen molar-refractivity contribution in [3.05, 3.63) is 77.3 Å². The van der Waals surface area contributed by atoms with Crippen LogP contribution in [0.15, 0.2) is 66.1 Å². The van der Waals surface area contributed by atoms with Gasteiger partial charge in [0.05, 0.1) is 27.5 Å². The molecule has 2 aromatic carbocycles. The maximum absolute atomic E-state index is 12.8. The third-order valence-electron chi connectivity index (χ3n) is 5.10. The molecule has 1 N–H and O–H groups in total. The fraction of sp³-hybridized carbons (Fsp3) is 0.238. The smallest absolute Gasteiger partial charge is 0.253 e. The molecule has 0 unspecified atom stereocenters. The SMILES string of the molecule is O=C(NCc1ccccc1-n1ccnc1)c1cc(S(=O)(=O)N2CCCC2)ccc1Cl. The number of imidazole rings is 1. The average molecular weight is 445 g/mol. The van der Waals surface area contributed by atoms with Gasteiger partial charge in [0.25, 0.3) is 5.91 Å². The van der Waals surface area contributed by atoms with Crippen molar-refractivity contribution in [1.82, 2.24) is 19.2 Å². The number of sulfonamides is 1. The molecular formula is C21H21ClN4O3S. The van der Waals surface area contributed by atoms with E-state index in [0.717, 1.165) is 24.1 Å². The minimum Gasteiger partial charge on any atom is -0.348 e. The van der Waals surface area contributed by atoms with Crippen molar-refractivity contribution < 1.29 is 13.2 Å². The van der Waals surface area contributed by atoms with Gasteiger partial charge in [-0.15, -0.1) is 0 Å². The Labute approximate surface area is 180 Å². The topological polar surface area (TPSA) is 84.3 Å². The first-order valence-electron chi connectivity index (χ1n) is 9.61. The number of hydrogen-bond acceptors (Lipinski definition) is 4. The van der Waals surface area contributed by atoms with Crippen molar-refractivity contribution in [3.8, 4) is 5.69 Å². The second-order valence-electron chi connectivity index (χ2n) is 7.03. The van der Waals surface area contributed by atoms with E-state index in [-0.39, 0.29) is 22.0 Å². The lowest BCUT2D eigenvalue weighted by molar-refractivity contribution is 0.0951. The van der Waals surface area contributed by atoms with Crippen molar-refractivity contribution in [1.29, 1.82) is 0 Å². The molecule has 4 rings (SSSR count). The number of benzene rings is 2. The van der Waals surface area contributed by atoms with Gasteiger partial charge in [-0.05, 0) is 42.7 Å². The number of para-hydroxylation sites is 1. The number of rotatable bonds is 6. The Morgan fingerprint density at radius 1 is 1.13 bits per heavy atom. The Morgan fingerprint density at radius 2 is 1.90 bits per heavy atom. The summed E-state index contributed by atoms with van der Waals surface area (Å²) in [5, 5.41) is 3.05. The third-order valence-corrected chi connectivity index (χ3v) is 7.32. The molecule has 1 saturated heterocycles. The number of aromatic nitrogens is 2. The first-order valence-corrected chi connectivity index (χ1v) is 11.4. The Kier molecular flexibility index (Phi) is 5.90. The number of carbonyl (C=O) groups excluding carboxylic acids is 1. The monoisotopic (exact) mass is 444 g/mol. The standard InChI is InChI=1S/C21H21ClN4O3S/c22-19-8-7-17(30(28,29)26-10-3-4-11-26)13-18(19)21(27)24-14-16-5-1-2-6-20(16)25-12-9-23-15-25/h1-2,5-9,12-13,15H,3-4,10-11,14H2,(H,24,27). The number of amides is 1. The molecule has 7 nitrogen and oxygen atoms in total. The highest BCUT2D eigenvalue weighted by Gasteiger charge is 2.28. The Morgan fingerprint density at radius 3 is 2.63 bits per heavy atom. The summed E-state index contributed by atoms with van der Waals surface area (Å²) in [5.41, 5.74) is 1.92. The summed E-state index contributed by atoms with van der Waals surface area (Å²) in [6, 6.07) is 11.9. The zero-order valence-corrected chi connectivity index (χ0v) is 17.7. The van der Waals surface area contributed by atoms with Gasteiger partial charge >= 0.3 is 0 Å². The Hall–Kier alpha value is -2.68. The maximum atomic E-state index is 12.8. The number of nitrogens with zero attached hydrogens (tertiary/aromatic N) is 3. The van der Waals surface area contributed by atoms with E-state index in [2.05, 4.69) is 10.3 Å². The van der Waals surface area contributed by atoms with E-state index < -0.39 is 15.9 Å². The van der Waals surface area contributed by atoms with Crippen molar-refractivity contribution >= 4 is 27.5 Å². The van der Waals surface area contributed by atoms with Gasteiger partial charge in [-0.25, -0.2) is 13.4 Å².